The smallest absolute Gasteiger partial charge is 0.292 e. The molecule has 0 amide bonds. The molecule has 0 heterocycles. The first-order valence-electron chi connectivity index (χ1n) is 6.34. The number of nitrogens with one attached hydrogen (secondary N) is 1. The molecule has 0 aromatic heterocycles. The van der Waals surface area contributed by atoms with Crippen LogP contribution in [0.3, 0.4) is 0 Å². The van der Waals surface area contributed by atoms with E-state index >= 15 is 0 Å². The van der Waals surface area contributed by atoms with Crippen molar-refractivity contribution in [3.05, 3.63) is 33.3 Å². The number of nitro groups is 1. The highest BCUT2D eigenvalue weighted by Gasteiger charge is 2.17. The topological polar surface area (TPSA) is 55.2 Å². The largest absolute Gasteiger partial charge is 0.379 e. The van der Waals surface area contributed by atoms with Gasteiger partial charge in [-0.3, -0.25) is 10.1 Å². The fourth-order valence-corrected chi connectivity index (χ4v) is 2.63. The molecule has 0 bridgehead atoms. The molecule has 0 unspecified atom stereocenters. The normalized spacial score (nSPS) is 16.5. The quantitative estimate of drug-likeness (QED) is 0.656. The number of anilines is 1. The lowest BCUT2D eigenvalue weighted by molar-refractivity contribution is -0.384. The molecule has 5 heteroatoms. The number of nitrogens with zero attached hydrogens (tertiary/aromatic N) is 1. The molecule has 1 aliphatic rings. The monoisotopic (exact) mass is 268 g/mol. The van der Waals surface area contributed by atoms with E-state index in [4.69, 9.17) is 11.6 Å². The van der Waals surface area contributed by atoms with Gasteiger partial charge >= 0.3 is 0 Å². The predicted molar refractivity (Wildman–Crippen MR) is 73.2 cm³/mol. The molecule has 1 aromatic rings. The summed E-state index contributed by atoms with van der Waals surface area (Å²) in [6.07, 6.45) is 6.27. The van der Waals surface area contributed by atoms with E-state index < -0.39 is 0 Å². The molecule has 0 aliphatic heterocycles. The summed E-state index contributed by atoms with van der Waals surface area (Å²) in [5.74, 6) is 0.623. The molecule has 2 rings (SSSR count). The number of hydrogen-bond donors (Lipinski definition) is 1. The van der Waals surface area contributed by atoms with E-state index in [1.165, 1.54) is 38.2 Å². The SMILES string of the molecule is O=[N+]([O-])c1ccc(Cl)cc1NCC1CCCCC1. The Bertz CT molecular complexity index is 431. The second kappa shape index (κ2) is 6.05. The molecular formula is C13H17ClN2O2. The van der Waals surface area contributed by atoms with Crippen LogP contribution in [0.25, 0.3) is 0 Å². The van der Waals surface area contributed by atoms with Gasteiger partial charge in [0.1, 0.15) is 5.69 Å². The van der Waals surface area contributed by atoms with E-state index in [0.717, 1.165) is 6.54 Å². The molecule has 4 nitrogen and oxygen atoms in total. The van der Waals surface area contributed by atoms with Crippen molar-refractivity contribution in [1.82, 2.24) is 0 Å². The zero-order chi connectivity index (χ0) is 13.0. The number of hydrogen-bond acceptors (Lipinski definition) is 3. The second-order valence-electron chi connectivity index (χ2n) is 4.80. The molecular weight excluding hydrogens is 252 g/mol. The molecule has 1 N–H and O–H groups in total. The summed E-state index contributed by atoms with van der Waals surface area (Å²) in [7, 11) is 0. The van der Waals surface area contributed by atoms with E-state index in [9.17, 15) is 10.1 Å². The molecule has 0 saturated heterocycles. The van der Waals surface area contributed by atoms with Crippen LogP contribution in [-0.2, 0) is 0 Å². The Balaban J connectivity index is 2.03. The Morgan fingerprint density at radius 1 is 1.33 bits per heavy atom. The van der Waals surface area contributed by atoms with Crippen LogP contribution in [0, 0.1) is 16.0 Å². The molecule has 98 valence electrons. The first-order chi connectivity index (χ1) is 8.66. The molecule has 1 fully saturated rings. The summed E-state index contributed by atoms with van der Waals surface area (Å²) in [5, 5.41) is 14.6. The molecule has 0 spiro atoms. The number of nitro benzene ring substituents is 1. The zero-order valence-corrected chi connectivity index (χ0v) is 10.9. The first kappa shape index (κ1) is 13.1. The Morgan fingerprint density at radius 3 is 2.72 bits per heavy atom. The third-order valence-corrected chi connectivity index (χ3v) is 3.70. The van der Waals surface area contributed by atoms with E-state index in [-0.39, 0.29) is 10.6 Å². The van der Waals surface area contributed by atoms with Crippen molar-refractivity contribution in [1.29, 1.82) is 0 Å². The maximum absolute atomic E-state index is 10.9. The van der Waals surface area contributed by atoms with Crippen LogP contribution in [0.4, 0.5) is 11.4 Å². The van der Waals surface area contributed by atoms with Gasteiger partial charge in [-0.05, 0) is 30.9 Å². The number of halogens is 1. The van der Waals surface area contributed by atoms with Crippen molar-refractivity contribution in [3.8, 4) is 0 Å². The van der Waals surface area contributed by atoms with Crippen molar-refractivity contribution < 1.29 is 4.92 Å². The van der Waals surface area contributed by atoms with Gasteiger partial charge in [-0.1, -0.05) is 30.9 Å². The van der Waals surface area contributed by atoms with Crippen molar-refractivity contribution in [2.24, 2.45) is 5.92 Å². The first-order valence-corrected chi connectivity index (χ1v) is 6.72. The van der Waals surface area contributed by atoms with Gasteiger partial charge in [0.05, 0.1) is 4.92 Å². The average Bonchev–Trinajstić information content (AvgIpc) is 2.37. The van der Waals surface area contributed by atoms with Crippen molar-refractivity contribution in [2.45, 2.75) is 32.1 Å². The molecule has 0 atom stereocenters. The van der Waals surface area contributed by atoms with Gasteiger partial charge in [-0.25, -0.2) is 0 Å². The maximum atomic E-state index is 10.9. The Labute approximate surface area is 111 Å². The lowest BCUT2D eigenvalue weighted by Gasteiger charge is -2.22. The van der Waals surface area contributed by atoms with Crippen molar-refractivity contribution in [2.75, 3.05) is 11.9 Å². The minimum Gasteiger partial charge on any atom is -0.379 e. The summed E-state index contributed by atoms with van der Waals surface area (Å²) < 4.78 is 0. The number of rotatable bonds is 4. The molecule has 1 saturated carbocycles. The van der Waals surface area contributed by atoms with Gasteiger partial charge in [0.25, 0.3) is 5.69 Å². The highest BCUT2D eigenvalue weighted by molar-refractivity contribution is 6.31. The lowest BCUT2D eigenvalue weighted by atomic mass is 9.89. The molecule has 1 aromatic carbocycles. The summed E-state index contributed by atoms with van der Waals surface area (Å²) in [5.41, 5.74) is 0.619. The third-order valence-electron chi connectivity index (χ3n) is 3.46. The van der Waals surface area contributed by atoms with E-state index in [1.54, 1.807) is 12.1 Å². The Hall–Kier alpha value is -1.29. The molecule has 18 heavy (non-hydrogen) atoms. The van der Waals surface area contributed by atoms with Crippen LogP contribution in [0.5, 0.6) is 0 Å². The van der Waals surface area contributed by atoms with Crippen LogP contribution in [0.15, 0.2) is 18.2 Å². The summed E-state index contributed by atoms with van der Waals surface area (Å²) in [6.45, 7) is 0.793. The fraction of sp³-hybridized carbons (Fsp3) is 0.538. The van der Waals surface area contributed by atoms with Gasteiger partial charge in [-0.2, -0.15) is 0 Å². The van der Waals surface area contributed by atoms with Crippen LogP contribution in [0.2, 0.25) is 5.02 Å². The van der Waals surface area contributed by atoms with E-state index in [1.807, 2.05) is 0 Å². The van der Waals surface area contributed by atoms with Crippen LogP contribution in [0.1, 0.15) is 32.1 Å². The third kappa shape index (κ3) is 3.35. The van der Waals surface area contributed by atoms with E-state index in [0.29, 0.717) is 16.6 Å². The average molecular weight is 269 g/mol. The molecule has 0 radical (unpaired) electrons. The lowest BCUT2D eigenvalue weighted by Crippen LogP contribution is -2.17. The van der Waals surface area contributed by atoms with Crippen molar-refractivity contribution in [3.63, 3.8) is 0 Å². The summed E-state index contributed by atoms with van der Waals surface area (Å²) in [6, 6.07) is 4.62. The van der Waals surface area contributed by atoms with Gasteiger partial charge in [0.15, 0.2) is 0 Å². The van der Waals surface area contributed by atoms with Crippen LogP contribution < -0.4 is 5.32 Å². The molecule has 1 aliphatic carbocycles. The van der Waals surface area contributed by atoms with E-state index in [2.05, 4.69) is 5.32 Å². The zero-order valence-electron chi connectivity index (χ0n) is 10.2. The minimum absolute atomic E-state index is 0.0928. The van der Waals surface area contributed by atoms with Gasteiger partial charge < -0.3 is 5.32 Å². The van der Waals surface area contributed by atoms with Gasteiger partial charge in [-0.15, -0.1) is 0 Å². The van der Waals surface area contributed by atoms with Crippen LogP contribution >= 0.6 is 11.6 Å². The van der Waals surface area contributed by atoms with Crippen LogP contribution in [-0.4, -0.2) is 11.5 Å². The highest BCUT2D eigenvalue weighted by Crippen LogP contribution is 2.29. The summed E-state index contributed by atoms with van der Waals surface area (Å²) in [4.78, 5) is 10.5. The maximum Gasteiger partial charge on any atom is 0.292 e. The predicted octanol–water partition coefficient (Wildman–Crippen LogP) is 4.24. The van der Waals surface area contributed by atoms with Crippen molar-refractivity contribution >= 4 is 23.0 Å². The Morgan fingerprint density at radius 2 is 2.06 bits per heavy atom. The Kier molecular flexibility index (Phi) is 4.42. The second-order valence-corrected chi connectivity index (χ2v) is 5.24. The highest BCUT2D eigenvalue weighted by atomic mass is 35.5. The fourth-order valence-electron chi connectivity index (χ4n) is 2.45. The van der Waals surface area contributed by atoms with Gasteiger partial charge in [0, 0.05) is 17.6 Å². The minimum atomic E-state index is -0.375. The number of benzene rings is 1. The standard InChI is InChI=1S/C13H17ClN2O2/c14-11-6-7-13(16(17)18)12(8-11)15-9-10-4-2-1-3-5-10/h6-8,10,15H,1-5,9H2. The summed E-state index contributed by atoms with van der Waals surface area (Å²) >= 11 is 5.88. The van der Waals surface area contributed by atoms with Gasteiger partial charge in [0.2, 0.25) is 0 Å².